The summed E-state index contributed by atoms with van der Waals surface area (Å²) < 4.78 is 1.67. The fraction of sp³-hybridized carbons (Fsp3) is 0.600. The summed E-state index contributed by atoms with van der Waals surface area (Å²) in [5, 5.41) is 4.28. The first-order valence-electron chi connectivity index (χ1n) is 5.36. The Morgan fingerprint density at radius 1 is 1.38 bits per heavy atom. The highest BCUT2D eigenvalue weighted by Gasteiger charge is 2.22. The Hall–Kier alpha value is -1.72. The van der Waals surface area contributed by atoms with Crippen molar-refractivity contribution in [2.45, 2.75) is 6.42 Å². The smallest absolute Gasteiger partial charge is 0.241 e. The molecule has 6 nitrogen and oxygen atoms in total. The molecule has 0 atom stereocenters. The minimum absolute atomic E-state index is 0.113. The molecule has 0 saturated carbocycles. The molecule has 2 rings (SSSR count). The molecule has 1 aromatic heterocycles. The van der Waals surface area contributed by atoms with E-state index in [0.29, 0.717) is 18.1 Å². The largest absolute Gasteiger partial charge is 0.394 e. The predicted molar refractivity (Wildman–Crippen MR) is 62.1 cm³/mol. The van der Waals surface area contributed by atoms with E-state index in [-0.39, 0.29) is 5.91 Å². The maximum absolute atomic E-state index is 11.7. The maximum atomic E-state index is 11.7. The van der Waals surface area contributed by atoms with Crippen LogP contribution in [-0.2, 0) is 11.8 Å². The van der Waals surface area contributed by atoms with Gasteiger partial charge in [-0.3, -0.25) is 9.48 Å². The lowest BCUT2D eigenvalue weighted by Crippen LogP contribution is -2.34. The number of carbonyl (C=O) groups is 1. The van der Waals surface area contributed by atoms with Gasteiger partial charge in [-0.1, -0.05) is 0 Å². The van der Waals surface area contributed by atoms with E-state index in [1.165, 1.54) is 0 Å². The molecule has 1 fully saturated rings. The molecule has 0 unspecified atom stereocenters. The second-order valence-electron chi connectivity index (χ2n) is 4.17. The molecule has 1 aliphatic heterocycles. The molecule has 1 aliphatic rings. The van der Waals surface area contributed by atoms with Crippen LogP contribution in [0.25, 0.3) is 0 Å². The van der Waals surface area contributed by atoms with Gasteiger partial charge in [-0.2, -0.15) is 5.10 Å². The summed E-state index contributed by atoms with van der Waals surface area (Å²) in [5.41, 5.74) is 6.48. The summed E-state index contributed by atoms with van der Waals surface area (Å²) in [6.07, 6.45) is 2.70. The van der Waals surface area contributed by atoms with Crippen LogP contribution < -0.4 is 10.6 Å². The molecule has 0 radical (unpaired) electrons. The molecule has 1 amide bonds. The molecule has 2 N–H and O–H groups in total. The van der Waals surface area contributed by atoms with Gasteiger partial charge in [-0.25, -0.2) is 0 Å². The standard InChI is InChI=1S/C10H17N5O/c1-13-4-3-5-15(7-9(13)16)10-8(11)6-14(2)12-10/h6H,3-5,7,11H2,1-2H3. The number of nitrogens with zero attached hydrogens (tertiary/aromatic N) is 4. The third kappa shape index (κ3) is 1.95. The van der Waals surface area contributed by atoms with Gasteiger partial charge in [0.1, 0.15) is 0 Å². The molecule has 6 heteroatoms. The fourth-order valence-electron chi connectivity index (χ4n) is 1.91. The minimum Gasteiger partial charge on any atom is -0.394 e. The Morgan fingerprint density at radius 3 is 2.75 bits per heavy atom. The number of rotatable bonds is 1. The predicted octanol–water partition coefficient (Wildman–Crippen LogP) is -0.329. The van der Waals surface area contributed by atoms with Crippen LogP contribution in [0.2, 0.25) is 0 Å². The monoisotopic (exact) mass is 223 g/mol. The van der Waals surface area contributed by atoms with Crippen LogP contribution in [0.3, 0.4) is 0 Å². The average Bonchev–Trinajstić information content (AvgIpc) is 2.46. The van der Waals surface area contributed by atoms with Gasteiger partial charge < -0.3 is 15.5 Å². The number of hydrogen-bond donors (Lipinski definition) is 1. The zero-order chi connectivity index (χ0) is 11.7. The van der Waals surface area contributed by atoms with E-state index in [0.717, 1.165) is 19.5 Å². The number of hydrogen-bond acceptors (Lipinski definition) is 4. The van der Waals surface area contributed by atoms with Gasteiger partial charge in [0.2, 0.25) is 5.91 Å². The van der Waals surface area contributed by atoms with Crippen molar-refractivity contribution in [3.8, 4) is 0 Å². The summed E-state index contributed by atoms with van der Waals surface area (Å²) in [6, 6.07) is 0. The lowest BCUT2D eigenvalue weighted by molar-refractivity contribution is -0.127. The van der Waals surface area contributed by atoms with Crippen molar-refractivity contribution in [3.05, 3.63) is 6.20 Å². The molecule has 1 aromatic rings. The first-order chi connectivity index (χ1) is 7.58. The van der Waals surface area contributed by atoms with Gasteiger partial charge in [0.25, 0.3) is 0 Å². The van der Waals surface area contributed by atoms with Crippen LogP contribution in [0.1, 0.15) is 6.42 Å². The molecular weight excluding hydrogens is 206 g/mol. The molecular formula is C10H17N5O. The number of aryl methyl sites for hydroxylation is 1. The molecule has 0 spiro atoms. The van der Waals surface area contributed by atoms with Crippen LogP contribution in [-0.4, -0.2) is 47.3 Å². The molecule has 88 valence electrons. The van der Waals surface area contributed by atoms with Crippen LogP contribution in [0, 0.1) is 0 Å². The first kappa shape index (κ1) is 10.8. The second-order valence-corrected chi connectivity index (χ2v) is 4.17. The Bertz CT molecular complexity index is 400. The molecule has 0 aromatic carbocycles. The number of nitrogens with two attached hydrogens (primary N) is 1. The highest BCUT2D eigenvalue weighted by molar-refractivity contribution is 5.82. The Balaban J connectivity index is 2.21. The van der Waals surface area contributed by atoms with Crippen molar-refractivity contribution in [2.24, 2.45) is 7.05 Å². The fourth-order valence-corrected chi connectivity index (χ4v) is 1.91. The van der Waals surface area contributed by atoms with Crippen molar-refractivity contribution in [3.63, 3.8) is 0 Å². The molecule has 0 bridgehead atoms. The summed E-state index contributed by atoms with van der Waals surface area (Å²) in [6.45, 7) is 1.97. The van der Waals surface area contributed by atoms with Gasteiger partial charge in [0.15, 0.2) is 5.82 Å². The number of carbonyl (C=O) groups excluding carboxylic acids is 1. The highest BCUT2D eigenvalue weighted by Crippen LogP contribution is 2.21. The molecule has 1 saturated heterocycles. The molecule has 2 heterocycles. The first-order valence-corrected chi connectivity index (χ1v) is 5.36. The Labute approximate surface area is 94.6 Å². The quantitative estimate of drug-likeness (QED) is 0.708. The van der Waals surface area contributed by atoms with E-state index in [4.69, 9.17) is 5.73 Å². The van der Waals surface area contributed by atoms with E-state index < -0.39 is 0 Å². The third-order valence-corrected chi connectivity index (χ3v) is 2.81. The van der Waals surface area contributed by atoms with E-state index in [1.54, 1.807) is 15.8 Å². The van der Waals surface area contributed by atoms with Gasteiger partial charge >= 0.3 is 0 Å². The van der Waals surface area contributed by atoms with Gasteiger partial charge in [-0.15, -0.1) is 0 Å². The second kappa shape index (κ2) is 4.03. The number of anilines is 2. The van der Waals surface area contributed by atoms with Crippen molar-refractivity contribution in [1.82, 2.24) is 14.7 Å². The maximum Gasteiger partial charge on any atom is 0.241 e. The van der Waals surface area contributed by atoms with Crippen LogP contribution in [0.4, 0.5) is 11.5 Å². The Morgan fingerprint density at radius 2 is 2.12 bits per heavy atom. The summed E-state index contributed by atoms with van der Waals surface area (Å²) in [4.78, 5) is 15.4. The zero-order valence-electron chi connectivity index (χ0n) is 9.68. The SMILES string of the molecule is CN1CCCN(c2nn(C)cc2N)CC1=O. The normalized spacial score (nSPS) is 17.8. The zero-order valence-corrected chi connectivity index (χ0v) is 9.68. The van der Waals surface area contributed by atoms with Crippen molar-refractivity contribution in [2.75, 3.05) is 37.3 Å². The number of nitrogen functional groups attached to an aromatic ring is 1. The number of likely N-dealkylation sites (N-methyl/N-ethyl adjacent to an activating group) is 1. The highest BCUT2D eigenvalue weighted by atomic mass is 16.2. The molecule has 16 heavy (non-hydrogen) atoms. The number of aromatic nitrogens is 2. The van der Waals surface area contributed by atoms with E-state index >= 15 is 0 Å². The van der Waals surface area contributed by atoms with Crippen molar-refractivity contribution < 1.29 is 4.79 Å². The van der Waals surface area contributed by atoms with Crippen LogP contribution in [0.5, 0.6) is 0 Å². The van der Waals surface area contributed by atoms with Crippen LogP contribution in [0.15, 0.2) is 6.20 Å². The van der Waals surface area contributed by atoms with E-state index in [9.17, 15) is 4.79 Å². The lowest BCUT2D eigenvalue weighted by atomic mass is 10.3. The van der Waals surface area contributed by atoms with Crippen molar-refractivity contribution >= 4 is 17.4 Å². The summed E-state index contributed by atoms with van der Waals surface area (Å²) >= 11 is 0. The average molecular weight is 223 g/mol. The van der Waals surface area contributed by atoms with E-state index in [1.807, 2.05) is 19.0 Å². The third-order valence-electron chi connectivity index (χ3n) is 2.81. The Kier molecular flexibility index (Phi) is 2.72. The number of amides is 1. The summed E-state index contributed by atoms with van der Waals surface area (Å²) in [5.74, 6) is 0.828. The van der Waals surface area contributed by atoms with Gasteiger partial charge in [0.05, 0.1) is 12.2 Å². The molecule has 0 aliphatic carbocycles. The van der Waals surface area contributed by atoms with Crippen molar-refractivity contribution in [1.29, 1.82) is 0 Å². The summed E-state index contributed by atoms with van der Waals surface area (Å²) in [7, 11) is 3.65. The van der Waals surface area contributed by atoms with Gasteiger partial charge in [0, 0.05) is 33.4 Å². The minimum atomic E-state index is 0.113. The topological polar surface area (TPSA) is 67.4 Å². The van der Waals surface area contributed by atoms with E-state index in [2.05, 4.69) is 5.10 Å². The lowest BCUT2D eigenvalue weighted by Gasteiger charge is -2.19. The van der Waals surface area contributed by atoms with Gasteiger partial charge in [-0.05, 0) is 6.42 Å². The van der Waals surface area contributed by atoms with Crippen LogP contribution >= 0.6 is 0 Å².